The van der Waals surface area contributed by atoms with Gasteiger partial charge in [0.05, 0.1) is 23.9 Å². The van der Waals surface area contributed by atoms with Crippen LogP contribution in [-0.4, -0.2) is 17.1 Å². The van der Waals surface area contributed by atoms with Crippen LogP contribution < -0.4 is 20.2 Å². The number of aromatic nitrogens is 1. The van der Waals surface area contributed by atoms with Crippen LogP contribution >= 0.6 is 22.9 Å². The van der Waals surface area contributed by atoms with Crippen LogP contribution in [0.25, 0.3) is 6.20 Å². The highest BCUT2D eigenvalue weighted by Crippen LogP contribution is 2.31. The fourth-order valence-corrected chi connectivity index (χ4v) is 4.88. The number of anilines is 1. The molecule has 170 valence electrons. The van der Waals surface area contributed by atoms with Gasteiger partial charge < -0.3 is 10.1 Å². The summed E-state index contributed by atoms with van der Waals surface area (Å²) in [5.74, 6) is -0.485. The summed E-state index contributed by atoms with van der Waals surface area (Å²) in [6.07, 6.45) is 1.70. The molecule has 1 atom stereocenters. The quantitative estimate of drug-likeness (QED) is 0.557. The zero-order valence-electron chi connectivity index (χ0n) is 18.8. The van der Waals surface area contributed by atoms with Crippen LogP contribution in [0.2, 0.25) is 5.02 Å². The maximum atomic E-state index is 13.5. The van der Waals surface area contributed by atoms with Gasteiger partial charge in [0.15, 0.2) is 4.80 Å². The minimum absolute atomic E-state index is 0.229. The molecule has 0 bridgehead atoms. The number of ether oxygens (including phenoxy) is 1. The highest BCUT2D eigenvalue weighted by Gasteiger charge is 2.33. The van der Waals surface area contributed by atoms with Crippen molar-refractivity contribution in [1.82, 2.24) is 4.57 Å². The number of carbonyl (C=O) groups excluding carboxylic acids is 1. The van der Waals surface area contributed by atoms with E-state index in [1.807, 2.05) is 44.2 Å². The summed E-state index contributed by atoms with van der Waals surface area (Å²) in [6.45, 7) is 7.77. The van der Waals surface area contributed by atoms with Crippen molar-refractivity contribution >= 4 is 40.8 Å². The number of nitrogens with zero attached hydrogens (tertiary/aromatic N) is 2. The molecule has 0 radical (unpaired) electrons. The van der Waals surface area contributed by atoms with Gasteiger partial charge in [-0.2, -0.15) is 0 Å². The maximum Gasteiger partial charge on any atom is 0.338 e. The van der Waals surface area contributed by atoms with Gasteiger partial charge in [0.25, 0.3) is 5.56 Å². The molecule has 8 heteroatoms. The van der Waals surface area contributed by atoms with Gasteiger partial charge in [0, 0.05) is 16.9 Å². The van der Waals surface area contributed by atoms with Crippen LogP contribution in [-0.2, 0) is 9.53 Å². The van der Waals surface area contributed by atoms with Gasteiger partial charge in [-0.05, 0) is 62.6 Å². The first-order chi connectivity index (χ1) is 15.8. The topological polar surface area (TPSA) is 72.7 Å². The number of thiazole rings is 1. The summed E-state index contributed by atoms with van der Waals surface area (Å²) in [5.41, 5.74) is 4.53. The second-order valence-corrected chi connectivity index (χ2v) is 9.26. The van der Waals surface area contributed by atoms with E-state index in [4.69, 9.17) is 16.3 Å². The minimum atomic E-state index is -0.652. The zero-order valence-corrected chi connectivity index (χ0v) is 20.4. The predicted octanol–water partition coefficient (Wildman–Crippen LogP) is 4.09. The molecule has 0 saturated carbocycles. The number of hydrogen-bond donors (Lipinski definition) is 1. The van der Waals surface area contributed by atoms with Gasteiger partial charge in [-0.15, -0.1) is 0 Å². The first kappa shape index (κ1) is 23.0. The summed E-state index contributed by atoms with van der Waals surface area (Å²) in [6, 6.07) is 12.6. The molecule has 2 heterocycles. The van der Waals surface area contributed by atoms with Crippen molar-refractivity contribution in [2.45, 2.75) is 33.7 Å². The van der Waals surface area contributed by atoms with Gasteiger partial charge >= 0.3 is 5.97 Å². The van der Waals surface area contributed by atoms with Crippen molar-refractivity contribution in [3.63, 3.8) is 0 Å². The molecule has 6 nitrogen and oxygen atoms in total. The number of nitrogens with one attached hydrogen (secondary N) is 1. The Morgan fingerprint density at radius 2 is 1.94 bits per heavy atom. The van der Waals surface area contributed by atoms with Crippen LogP contribution in [0.1, 0.15) is 36.6 Å². The number of allylic oxidation sites excluding steroid dienone is 1. The molecule has 1 aliphatic heterocycles. The lowest BCUT2D eigenvalue weighted by Crippen LogP contribution is -2.40. The van der Waals surface area contributed by atoms with E-state index in [1.165, 1.54) is 11.3 Å². The standard InChI is InChI=1S/C25H24ClN3O3S/c1-5-32-24(31)21-16(4)28-25-29(22(21)17-8-10-18(26)11-9-17)23(30)20(33-25)13-27-19-12-14(2)6-7-15(19)3/h6-13,22,27H,5H2,1-4H3/b20-13-/t22-/m1/s1. The Labute approximate surface area is 200 Å². The van der Waals surface area contributed by atoms with Crippen molar-refractivity contribution in [3.05, 3.63) is 95.1 Å². The second kappa shape index (κ2) is 9.37. The third-order valence-electron chi connectivity index (χ3n) is 5.45. The average Bonchev–Trinajstić information content (AvgIpc) is 3.09. The van der Waals surface area contributed by atoms with Crippen molar-refractivity contribution in [3.8, 4) is 0 Å². The molecule has 2 aromatic carbocycles. The Bertz CT molecular complexity index is 1440. The highest BCUT2D eigenvalue weighted by atomic mass is 35.5. The Morgan fingerprint density at radius 1 is 1.21 bits per heavy atom. The zero-order chi connectivity index (χ0) is 23.7. The number of esters is 1. The molecule has 0 fully saturated rings. The fraction of sp³-hybridized carbons (Fsp3) is 0.240. The van der Waals surface area contributed by atoms with Crippen molar-refractivity contribution < 1.29 is 9.53 Å². The fourth-order valence-electron chi connectivity index (χ4n) is 3.79. The molecule has 0 aliphatic carbocycles. The summed E-state index contributed by atoms with van der Waals surface area (Å²) in [4.78, 5) is 31.5. The highest BCUT2D eigenvalue weighted by molar-refractivity contribution is 7.07. The lowest BCUT2D eigenvalue weighted by atomic mass is 9.96. The lowest BCUT2D eigenvalue weighted by Gasteiger charge is -2.24. The number of carbonyl (C=O) groups is 1. The summed E-state index contributed by atoms with van der Waals surface area (Å²) >= 11 is 7.36. The van der Waals surface area contributed by atoms with Crippen LogP contribution in [0.4, 0.5) is 5.69 Å². The molecule has 0 spiro atoms. The SMILES string of the molecule is CCOC(=O)C1=C(C)N=c2s/c(=C\Nc3cc(C)ccc3C)c(=O)n2[C@@H]1c1ccc(Cl)cc1. The maximum absolute atomic E-state index is 13.5. The van der Waals surface area contributed by atoms with Gasteiger partial charge in [-0.3, -0.25) is 9.36 Å². The number of fused-ring (bicyclic) bond motifs is 1. The molecule has 0 unspecified atom stereocenters. The van der Waals surface area contributed by atoms with E-state index in [9.17, 15) is 9.59 Å². The third-order valence-corrected chi connectivity index (χ3v) is 6.69. The molecule has 1 aromatic heterocycles. The average molecular weight is 482 g/mol. The molecular formula is C25H24ClN3O3S. The first-order valence-electron chi connectivity index (χ1n) is 10.6. The second-order valence-electron chi connectivity index (χ2n) is 7.82. The molecule has 1 N–H and O–H groups in total. The molecule has 3 aromatic rings. The Hall–Kier alpha value is -3.16. The van der Waals surface area contributed by atoms with Crippen molar-refractivity contribution in [1.29, 1.82) is 0 Å². The van der Waals surface area contributed by atoms with E-state index in [2.05, 4.69) is 10.3 Å². The molecule has 0 amide bonds. The van der Waals surface area contributed by atoms with Crippen molar-refractivity contribution in [2.24, 2.45) is 4.99 Å². The number of aryl methyl sites for hydroxylation is 2. The van der Waals surface area contributed by atoms with Gasteiger partial charge in [-0.25, -0.2) is 9.79 Å². The van der Waals surface area contributed by atoms with Crippen LogP contribution in [0.3, 0.4) is 0 Å². The smallest absolute Gasteiger partial charge is 0.338 e. The van der Waals surface area contributed by atoms with E-state index in [-0.39, 0.29) is 12.2 Å². The van der Waals surface area contributed by atoms with Gasteiger partial charge in [-0.1, -0.05) is 47.2 Å². The first-order valence-corrected chi connectivity index (χ1v) is 11.8. The summed E-state index contributed by atoms with van der Waals surface area (Å²) in [5, 5.41) is 3.83. The molecule has 33 heavy (non-hydrogen) atoms. The summed E-state index contributed by atoms with van der Waals surface area (Å²) in [7, 11) is 0. The third kappa shape index (κ3) is 4.51. The molecular weight excluding hydrogens is 458 g/mol. The van der Waals surface area contributed by atoms with E-state index >= 15 is 0 Å². The Morgan fingerprint density at radius 3 is 2.64 bits per heavy atom. The Balaban J connectivity index is 1.87. The minimum Gasteiger partial charge on any atom is -0.463 e. The van der Waals surface area contributed by atoms with E-state index < -0.39 is 12.0 Å². The number of hydrogen-bond acceptors (Lipinski definition) is 6. The Kier molecular flexibility index (Phi) is 6.54. The number of rotatable bonds is 5. The molecule has 4 rings (SSSR count). The van der Waals surface area contributed by atoms with E-state index in [0.717, 1.165) is 22.4 Å². The summed E-state index contributed by atoms with van der Waals surface area (Å²) < 4.78 is 7.36. The van der Waals surface area contributed by atoms with E-state index in [1.54, 1.807) is 36.7 Å². The molecule has 0 saturated heterocycles. The van der Waals surface area contributed by atoms with Gasteiger partial charge in [0.1, 0.15) is 4.53 Å². The monoisotopic (exact) mass is 481 g/mol. The predicted molar refractivity (Wildman–Crippen MR) is 132 cm³/mol. The molecule has 1 aliphatic rings. The number of benzene rings is 2. The van der Waals surface area contributed by atoms with Crippen LogP contribution in [0, 0.1) is 13.8 Å². The van der Waals surface area contributed by atoms with Crippen LogP contribution in [0.15, 0.2) is 63.5 Å². The normalized spacial score (nSPS) is 15.8. The van der Waals surface area contributed by atoms with Crippen LogP contribution in [0.5, 0.6) is 0 Å². The van der Waals surface area contributed by atoms with Gasteiger partial charge in [0.2, 0.25) is 0 Å². The van der Waals surface area contributed by atoms with Crippen molar-refractivity contribution in [2.75, 3.05) is 11.9 Å². The van der Waals surface area contributed by atoms with E-state index in [0.29, 0.717) is 25.6 Å². The lowest BCUT2D eigenvalue weighted by molar-refractivity contribution is -0.139. The number of halogens is 1. The largest absolute Gasteiger partial charge is 0.463 e.